The molecule has 6 rings (SSSR count). The van der Waals surface area contributed by atoms with Gasteiger partial charge in [0.1, 0.15) is 11.8 Å². The number of fused-ring (bicyclic) bond motifs is 2. The second-order valence-corrected chi connectivity index (χ2v) is 10.6. The molecule has 2 N–H and O–H groups in total. The number of hydrogen-bond donors (Lipinski definition) is 1. The number of amides is 1. The van der Waals surface area contributed by atoms with E-state index in [0.29, 0.717) is 18.3 Å². The number of hydrogen-bond acceptors (Lipinski definition) is 6. The van der Waals surface area contributed by atoms with Crippen LogP contribution in [0.2, 0.25) is 0 Å². The molecule has 1 saturated heterocycles. The van der Waals surface area contributed by atoms with Crippen molar-refractivity contribution in [1.29, 1.82) is 0 Å². The summed E-state index contributed by atoms with van der Waals surface area (Å²) in [6, 6.07) is 19.0. The van der Waals surface area contributed by atoms with E-state index < -0.39 is 0 Å². The van der Waals surface area contributed by atoms with Gasteiger partial charge in [0, 0.05) is 41.8 Å². The second-order valence-electron chi connectivity index (χ2n) is 10.6. The van der Waals surface area contributed by atoms with Crippen LogP contribution in [0.5, 0.6) is 0 Å². The molecule has 206 valence electrons. The summed E-state index contributed by atoms with van der Waals surface area (Å²) in [7, 11) is 0. The Morgan fingerprint density at radius 2 is 1.82 bits per heavy atom. The number of anilines is 1. The summed E-state index contributed by atoms with van der Waals surface area (Å²) in [4.78, 5) is 21.1. The number of carbonyl (C=O) groups excluding carboxylic acids is 1. The largest absolute Gasteiger partial charge is 0.382 e. The third kappa shape index (κ3) is 5.04. The van der Waals surface area contributed by atoms with Crippen LogP contribution < -0.4 is 5.73 Å². The van der Waals surface area contributed by atoms with E-state index in [1.54, 1.807) is 0 Å². The van der Waals surface area contributed by atoms with Crippen LogP contribution in [-0.2, 0) is 11.3 Å². The second kappa shape index (κ2) is 11.1. The van der Waals surface area contributed by atoms with Gasteiger partial charge in [-0.25, -0.2) is 9.50 Å². The number of nitrogens with two attached hydrogens (primary N) is 1. The molecule has 0 atom stereocenters. The van der Waals surface area contributed by atoms with E-state index in [0.717, 1.165) is 78.8 Å². The highest BCUT2D eigenvalue weighted by Gasteiger charge is 2.27. The highest BCUT2D eigenvalue weighted by molar-refractivity contribution is 5.92. The predicted octanol–water partition coefficient (Wildman–Crippen LogP) is 4.42. The maximum Gasteiger partial charge on any atom is 0.236 e. The standard InChI is InChI=1S/C31H36N8O/c1-3-37(4-2)29(40)20-36-14-12-23(13-15-36)28-17-26(30-31(32)33-21-34-39(28)30)24-10-11-25-19-38(35-27(25)16-24)18-22-8-6-5-7-9-22/h5-11,16-17,19,21,23H,3-4,12-15,18,20H2,1-2H3,(H2,32,33,34). The monoisotopic (exact) mass is 536 g/mol. The molecule has 40 heavy (non-hydrogen) atoms. The molecule has 1 aliphatic heterocycles. The van der Waals surface area contributed by atoms with Crippen LogP contribution in [0.25, 0.3) is 27.5 Å². The number of aromatic nitrogens is 5. The molecular weight excluding hydrogens is 500 g/mol. The summed E-state index contributed by atoms with van der Waals surface area (Å²) in [6.07, 6.45) is 5.54. The number of piperidine rings is 1. The smallest absolute Gasteiger partial charge is 0.236 e. The van der Waals surface area contributed by atoms with E-state index in [2.05, 4.69) is 69.7 Å². The zero-order valence-corrected chi connectivity index (χ0v) is 23.2. The molecule has 0 saturated carbocycles. The topological polar surface area (TPSA) is 97.6 Å². The van der Waals surface area contributed by atoms with Crippen LogP contribution >= 0.6 is 0 Å². The van der Waals surface area contributed by atoms with Gasteiger partial charge in [-0.1, -0.05) is 42.5 Å². The lowest BCUT2D eigenvalue weighted by atomic mass is 9.93. The number of rotatable bonds is 8. The number of likely N-dealkylation sites (N-methyl/N-ethyl adjacent to an activating group) is 1. The Kier molecular flexibility index (Phi) is 7.21. The van der Waals surface area contributed by atoms with Gasteiger partial charge in [0.25, 0.3) is 0 Å². The first-order valence-electron chi connectivity index (χ1n) is 14.2. The lowest BCUT2D eigenvalue weighted by Crippen LogP contribution is -2.43. The normalized spacial score (nSPS) is 14.8. The van der Waals surface area contributed by atoms with Gasteiger partial charge in [0.15, 0.2) is 5.82 Å². The summed E-state index contributed by atoms with van der Waals surface area (Å²) in [6.45, 7) is 8.55. The third-order valence-electron chi connectivity index (χ3n) is 8.14. The molecule has 2 aromatic carbocycles. The summed E-state index contributed by atoms with van der Waals surface area (Å²) < 4.78 is 3.96. The average Bonchev–Trinajstić information content (AvgIpc) is 3.56. The molecule has 0 radical (unpaired) electrons. The van der Waals surface area contributed by atoms with E-state index in [1.807, 2.05) is 34.0 Å². The van der Waals surface area contributed by atoms with Crippen molar-refractivity contribution in [3.05, 3.63) is 78.4 Å². The van der Waals surface area contributed by atoms with Gasteiger partial charge < -0.3 is 10.6 Å². The van der Waals surface area contributed by atoms with Crippen molar-refractivity contribution >= 4 is 28.1 Å². The molecule has 1 aliphatic rings. The molecule has 9 nitrogen and oxygen atoms in total. The first kappa shape index (κ1) is 26.0. The van der Waals surface area contributed by atoms with Crippen LogP contribution in [0.1, 0.15) is 43.9 Å². The van der Waals surface area contributed by atoms with E-state index in [4.69, 9.17) is 10.8 Å². The van der Waals surface area contributed by atoms with Crippen LogP contribution in [0, 0.1) is 0 Å². The van der Waals surface area contributed by atoms with Crippen LogP contribution in [0.3, 0.4) is 0 Å². The fraction of sp³-hybridized carbons (Fsp3) is 0.355. The molecular formula is C31H36N8O. The van der Waals surface area contributed by atoms with Crippen LogP contribution in [-0.4, -0.2) is 72.8 Å². The first-order valence-corrected chi connectivity index (χ1v) is 14.2. The van der Waals surface area contributed by atoms with Crippen molar-refractivity contribution in [1.82, 2.24) is 34.2 Å². The Hall–Kier alpha value is -4.24. The van der Waals surface area contributed by atoms with Gasteiger partial charge in [-0.2, -0.15) is 10.2 Å². The van der Waals surface area contributed by atoms with Gasteiger partial charge in [0.2, 0.25) is 5.91 Å². The molecule has 0 unspecified atom stereocenters. The van der Waals surface area contributed by atoms with E-state index in [1.165, 1.54) is 11.9 Å². The SMILES string of the molecule is CCN(CC)C(=O)CN1CCC(c2cc(-c3ccc4cn(Cc5ccccc5)nc4c3)c3c(N)ncnn23)CC1. The third-order valence-corrected chi connectivity index (χ3v) is 8.14. The van der Waals surface area contributed by atoms with Crippen molar-refractivity contribution < 1.29 is 4.79 Å². The zero-order valence-electron chi connectivity index (χ0n) is 23.2. The predicted molar refractivity (Wildman–Crippen MR) is 158 cm³/mol. The number of nitrogens with zero attached hydrogens (tertiary/aromatic N) is 7. The Balaban J connectivity index is 1.26. The molecule has 3 aromatic heterocycles. The Bertz CT molecular complexity index is 1630. The summed E-state index contributed by atoms with van der Waals surface area (Å²) in [5.41, 5.74) is 12.6. The van der Waals surface area contributed by atoms with Gasteiger partial charge in [-0.05, 0) is 63.0 Å². The molecule has 5 aromatic rings. The van der Waals surface area contributed by atoms with Crippen molar-refractivity contribution in [2.45, 2.75) is 39.2 Å². The van der Waals surface area contributed by atoms with Gasteiger partial charge in [-0.3, -0.25) is 14.4 Å². The summed E-state index contributed by atoms with van der Waals surface area (Å²) in [5.74, 6) is 0.998. The number of likely N-dealkylation sites (tertiary alicyclic amines) is 1. The minimum atomic E-state index is 0.209. The molecule has 9 heteroatoms. The number of nitrogen functional groups attached to an aromatic ring is 1. The van der Waals surface area contributed by atoms with Crippen molar-refractivity contribution in [2.75, 3.05) is 38.5 Å². The van der Waals surface area contributed by atoms with Gasteiger partial charge in [0.05, 0.1) is 18.6 Å². The number of benzene rings is 2. The summed E-state index contributed by atoms with van der Waals surface area (Å²) in [5, 5.41) is 10.6. The van der Waals surface area contributed by atoms with Crippen LogP contribution in [0.4, 0.5) is 5.82 Å². The van der Waals surface area contributed by atoms with Crippen molar-refractivity contribution in [3.8, 4) is 11.1 Å². The maximum atomic E-state index is 12.6. The molecule has 1 amide bonds. The lowest BCUT2D eigenvalue weighted by molar-refractivity contribution is -0.132. The zero-order chi connectivity index (χ0) is 27.6. The Morgan fingerprint density at radius 1 is 1.05 bits per heavy atom. The fourth-order valence-electron chi connectivity index (χ4n) is 5.94. The van der Waals surface area contributed by atoms with Gasteiger partial charge >= 0.3 is 0 Å². The highest BCUT2D eigenvalue weighted by Crippen LogP contribution is 2.37. The van der Waals surface area contributed by atoms with E-state index in [-0.39, 0.29) is 5.91 Å². The lowest BCUT2D eigenvalue weighted by Gasteiger charge is -2.32. The maximum absolute atomic E-state index is 12.6. The average molecular weight is 537 g/mol. The van der Waals surface area contributed by atoms with Crippen LogP contribution in [0.15, 0.2) is 67.1 Å². The molecule has 4 heterocycles. The molecule has 1 fully saturated rings. The van der Waals surface area contributed by atoms with Crippen molar-refractivity contribution in [3.63, 3.8) is 0 Å². The van der Waals surface area contributed by atoms with Crippen molar-refractivity contribution in [2.24, 2.45) is 0 Å². The first-order chi connectivity index (χ1) is 19.5. The minimum absolute atomic E-state index is 0.209. The Labute approximate surface area is 234 Å². The Morgan fingerprint density at radius 3 is 2.58 bits per heavy atom. The fourth-order valence-corrected chi connectivity index (χ4v) is 5.94. The quantitative estimate of drug-likeness (QED) is 0.315. The van der Waals surface area contributed by atoms with E-state index >= 15 is 0 Å². The molecule has 0 bridgehead atoms. The minimum Gasteiger partial charge on any atom is -0.382 e. The summed E-state index contributed by atoms with van der Waals surface area (Å²) >= 11 is 0. The molecule has 0 spiro atoms. The highest BCUT2D eigenvalue weighted by atomic mass is 16.2. The molecule has 0 aliphatic carbocycles. The van der Waals surface area contributed by atoms with Gasteiger partial charge in [-0.15, -0.1) is 0 Å². The van der Waals surface area contributed by atoms with E-state index in [9.17, 15) is 4.79 Å². The number of carbonyl (C=O) groups is 1.